The first kappa shape index (κ1) is 18.6. The second-order valence-corrected chi connectivity index (χ2v) is 5.57. The number of carbonyl (C=O) groups excluding carboxylic acids is 1. The Morgan fingerprint density at radius 2 is 1.59 bits per heavy atom. The molecule has 1 rings (SSSR count). The van der Waals surface area contributed by atoms with Crippen molar-refractivity contribution in [2.24, 2.45) is 0 Å². The van der Waals surface area contributed by atoms with Crippen LogP contribution in [0, 0.1) is 0 Å². The van der Waals surface area contributed by atoms with Crippen molar-refractivity contribution >= 4 is 23.0 Å². The van der Waals surface area contributed by atoms with Gasteiger partial charge in [-0.3, -0.25) is 4.79 Å². The van der Waals surface area contributed by atoms with Crippen molar-refractivity contribution in [2.45, 2.75) is 25.7 Å². The summed E-state index contributed by atoms with van der Waals surface area (Å²) >= 11 is 0.951. The molecule has 8 heteroatoms. The fourth-order valence-electron chi connectivity index (χ4n) is 1.71. The number of hydrogen-bond acceptors (Lipinski definition) is 2. The lowest BCUT2D eigenvalue weighted by Crippen LogP contribution is -2.14. The number of benzene rings is 1. The lowest BCUT2D eigenvalue weighted by Gasteiger charge is -2.16. The van der Waals surface area contributed by atoms with Crippen LogP contribution in [0.3, 0.4) is 0 Å². The number of alkyl halides is 6. The summed E-state index contributed by atoms with van der Waals surface area (Å²) in [5.41, 5.74) is -3.58. The van der Waals surface area contributed by atoms with Crippen LogP contribution >= 0.6 is 11.8 Å². The van der Waals surface area contributed by atoms with Crippen LogP contribution in [-0.4, -0.2) is 10.9 Å². The van der Waals surface area contributed by atoms with Gasteiger partial charge in [-0.25, -0.2) is 0 Å². The van der Waals surface area contributed by atoms with Crippen LogP contribution in [0.4, 0.5) is 26.3 Å². The molecule has 0 saturated heterocycles. The summed E-state index contributed by atoms with van der Waals surface area (Å²) in [6.45, 7) is 1.33. The molecule has 0 aliphatic carbocycles. The number of hydrogen-bond donors (Lipinski definition) is 0. The molecule has 0 amide bonds. The monoisotopic (exact) mass is 342 g/mol. The van der Waals surface area contributed by atoms with E-state index in [4.69, 9.17) is 0 Å². The van der Waals surface area contributed by atoms with Crippen LogP contribution in [0.15, 0.2) is 24.3 Å². The predicted octanol–water partition coefficient (Wildman–Crippen LogP) is 5.41. The van der Waals surface area contributed by atoms with Crippen LogP contribution in [-0.2, 0) is 17.1 Å². The molecule has 1 nitrogen and oxygen atoms in total. The molecule has 0 fully saturated rings. The van der Waals surface area contributed by atoms with Crippen LogP contribution in [0.1, 0.15) is 30.0 Å². The fourth-order valence-corrected chi connectivity index (χ4v) is 2.25. The van der Waals surface area contributed by atoms with Crippen LogP contribution in [0.5, 0.6) is 0 Å². The molecule has 0 N–H and O–H groups in total. The van der Waals surface area contributed by atoms with Crippen molar-refractivity contribution in [2.75, 3.05) is 5.75 Å². The average Bonchev–Trinajstić information content (AvgIpc) is 2.35. The summed E-state index contributed by atoms with van der Waals surface area (Å²) in [5, 5.41) is -0.167. The molecular weight excluding hydrogens is 330 g/mol. The lowest BCUT2D eigenvalue weighted by molar-refractivity contribution is -0.143. The molecule has 0 unspecified atom stereocenters. The first-order chi connectivity index (χ1) is 10.0. The standard InChI is InChI=1S/C14H12F6OS/c1-9(21)22-8-3-2-5-10-11(13(15,16)17)6-4-7-12(10)14(18,19)20/h2,4-7H,3,8H2,1H3. The minimum absolute atomic E-state index is 0.167. The molecule has 0 aliphatic heterocycles. The van der Waals surface area contributed by atoms with Gasteiger partial charge in [0, 0.05) is 12.7 Å². The zero-order valence-electron chi connectivity index (χ0n) is 11.4. The molecule has 0 radical (unpaired) electrons. The second-order valence-electron chi connectivity index (χ2n) is 4.29. The Morgan fingerprint density at radius 1 is 1.09 bits per heavy atom. The molecular formula is C14H12F6OS. The van der Waals surface area contributed by atoms with Gasteiger partial charge in [0.2, 0.25) is 0 Å². The Hall–Kier alpha value is -1.44. The second kappa shape index (κ2) is 7.21. The minimum Gasteiger partial charge on any atom is -0.288 e. The molecule has 1 aromatic carbocycles. The Balaban J connectivity index is 3.13. The Morgan fingerprint density at radius 3 is 2.00 bits per heavy atom. The zero-order chi connectivity index (χ0) is 17.0. The van der Waals surface area contributed by atoms with Crippen molar-refractivity contribution in [3.8, 4) is 0 Å². The van der Waals surface area contributed by atoms with E-state index >= 15 is 0 Å². The third-order valence-corrected chi connectivity index (χ3v) is 3.44. The van der Waals surface area contributed by atoms with Gasteiger partial charge in [0.25, 0.3) is 0 Å². The van der Waals surface area contributed by atoms with E-state index in [1.807, 2.05) is 0 Å². The third kappa shape index (κ3) is 5.40. The fraction of sp³-hybridized carbons (Fsp3) is 0.357. The summed E-state index contributed by atoms with van der Waals surface area (Å²) in [6, 6.07) is 1.95. The summed E-state index contributed by atoms with van der Waals surface area (Å²) in [4.78, 5) is 10.7. The molecule has 0 aliphatic rings. The number of carbonyl (C=O) groups is 1. The van der Waals surface area contributed by atoms with Gasteiger partial charge in [-0.1, -0.05) is 30.0 Å². The number of thioether (sulfide) groups is 1. The molecule has 122 valence electrons. The minimum atomic E-state index is -4.88. The van der Waals surface area contributed by atoms with Crippen molar-refractivity contribution in [1.82, 2.24) is 0 Å². The maximum atomic E-state index is 12.8. The van der Waals surface area contributed by atoms with Crippen molar-refractivity contribution in [1.29, 1.82) is 0 Å². The molecule has 0 saturated carbocycles. The first-order valence-electron chi connectivity index (χ1n) is 6.11. The molecule has 0 heterocycles. The summed E-state index contributed by atoms with van der Waals surface area (Å²) < 4.78 is 77.1. The lowest BCUT2D eigenvalue weighted by atomic mass is 9.99. The smallest absolute Gasteiger partial charge is 0.288 e. The van der Waals surface area contributed by atoms with Crippen molar-refractivity contribution in [3.63, 3.8) is 0 Å². The van der Waals surface area contributed by atoms with Gasteiger partial charge in [-0.05, 0) is 24.1 Å². The molecule has 0 atom stereocenters. The van der Waals surface area contributed by atoms with Gasteiger partial charge in [0.15, 0.2) is 5.12 Å². The van der Waals surface area contributed by atoms with E-state index in [-0.39, 0.29) is 11.5 Å². The summed E-state index contributed by atoms with van der Waals surface area (Å²) in [6.07, 6.45) is -7.56. The maximum absolute atomic E-state index is 12.8. The Kier molecular flexibility index (Phi) is 6.10. The van der Waals surface area contributed by atoms with Crippen molar-refractivity contribution < 1.29 is 31.1 Å². The molecule has 0 aromatic heterocycles. The molecule has 0 spiro atoms. The van der Waals surface area contributed by atoms with Crippen LogP contribution in [0.2, 0.25) is 0 Å². The highest BCUT2D eigenvalue weighted by atomic mass is 32.2. The van der Waals surface area contributed by atoms with E-state index in [0.717, 1.165) is 23.9 Å². The highest BCUT2D eigenvalue weighted by Crippen LogP contribution is 2.39. The highest BCUT2D eigenvalue weighted by molar-refractivity contribution is 8.13. The van der Waals surface area contributed by atoms with E-state index in [0.29, 0.717) is 17.9 Å². The van der Waals surface area contributed by atoms with Crippen molar-refractivity contribution in [3.05, 3.63) is 41.0 Å². The first-order valence-corrected chi connectivity index (χ1v) is 7.09. The summed E-state index contributed by atoms with van der Waals surface area (Å²) in [5.74, 6) is 0.293. The van der Waals surface area contributed by atoms with Crippen LogP contribution < -0.4 is 0 Å². The molecule has 22 heavy (non-hydrogen) atoms. The SMILES string of the molecule is CC(=O)SCCC=Cc1c(C(F)(F)F)cccc1C(F)(F)F. The number of rotatable bonds is 4. The maximum Gasteiger partial charge on any atom is 0.417 e. The Labute approximate surface area is 127 Å². The van der Waals surface area contributed by atoms with Gasteiger partial charge in [-0.15, -0.1) is 0 Å². The van der Waals surface area contributed by atoms with E-state index in [9.17, 15) is 31.1 Å². The highest BCUT2D eigenvalue weighted by Gasteiger charge is 2.39. The van der Waals surface area contributed by atoms with Gasteiger partial charge in [-0.2, -0.15) is 26.3 Å². The van der Waals surface area contributed by atoms with E-state index in [2.05, 4.69) is 0 Å². The van der Waals surface area contributed by atoms with Gasteiger partial charge >= 0.3 is 12.4 Å². The summed E-state index contributed by atoms with van der Waals surface area (Å²) in [7, 11) is 0. The molecule has 1 aromatic rings. The normalized spacial score (nSPS) is 12.9. The van der Waals surface area contributed by atoms with Crippen LogP contribution in [0.25, 0.3) is 6.08 Å². The third-order valence-electron chi connectivity index (χ3n) is 2.59. The van der Waals surface area contributed by atoms with Gasteiger partial charge < -0.3 is 0 Å². The largest absolute Gasteiger partial charge is 0.417 e. The number of halogens is 6. The number of allylic oxidation sites excluding steroid dienone is 1. The zero-order valence-corrected chi connectivity index (χ0v) is 12.2. The van der Waals surface area contributed by atoms with E-state index in [1.54, 1.807) is 0 Å². The predicted molar refractivity (Wildman–Crippen MR) is 73.2 cm³/mol. The van der Waals surface area contributed by atoms with E-state index in [1.165, 1.54) is 13.0 Å². The van der Waals surface area contributed by atoms with Gasteiger partial charge in [0.05, 0.1) is 11.1 Å². The quantitative estimate of drug-likeness (QED) is 0.538. The molecule has 0 bridgehead atoms. The Bertz CT molecular complexity index is 527. The topological polar surface area (TPSA) is 17.1 Å². The average molecular weight is 342 g/mol. The van der Waals surface area contributed by atoms with E-state index < -0.39 is 29.0 Å². The van der Waals surface area contributed by atoms with Gasteiger partial charge in [0.1, 0.15) is 0 Å².